The number of hydrogen-bond acceptors (Lipinski definition) is 5. The molecule has 3 rings (SSSR count). The van der Waals surface area contributed by atoms with Crippen LogP contribution >= 0.6 is 0 Å². The van der Waals surface area contributed by atoms with Crippen molar-refractivity contribution in [3.05, 3.63) is 60.9 Å². The lowest BCUT2D eigenvalue weighted by Gasteiger charge is -2.21. The Morgan fingerprint density at radius 3 is 2.81 bits per heavy atom. The van der Waals surface area contributed by atoms with Gasteiger partial charge in [-0.15, -0.1) is 5.53 Å². The van der Waals surface area contributed by atoms with Crippen molar-refractivity contribution in [2.24, 2.45) is 0 Å². The summed E-state index contributed by atoms with van der Waals surface area (Å²) in [6, 6.07) is 3.88. The van der Waals surface area contributed by atoms with E-state index in [9.17, 15) is 4.79 Å². The molecule has 0 atom stereocenters. The average Bonchev–Trinajstić information content (AvgIpc) is 2.92. The van der Waals surface area contributed by atoms with Gasteiger partial charge in [0.15, 0.2) is 12.4 Å². The lowest BCUT2D eigenvalue weighted by atomic mass is 10.3. The number of ether oxygens (including phenoxy) is 1. The number of hydrogen-bond donors (Lipinski definition) is 1. The van der Waals surface area contributed by atoms with Crippen LogP contribution in [0.2, 0.25) is 0 Å². The van der Waals surface area contributed by atoms with Crippen molar-refractivity contribution in [3.63, 3.8) is 0 Å². The van der Waals surface area contributed by atoms with Gasteiger partial charge in [0.05, 0.1) is 18.0 Å². The van der Waals surface area contributed by atoms with Crippen molar-refractivity contribution in [3.8, 4) is 0 Å². The largest absolute Gasteiger partial charge is 0.461 e. The lowest BCUT2D eigenvalue weighted by molar-refractivity contribution is -0.685. The van der Waals surface area contributed by atoms with Gasteiger partial charge in [-0.3, -0.25) is 10.0 Å². The Bertz CT molecular complexity index is 619. The summed E-state index contributed by atoms with van der Waals surface area (Å²) in [5, 5.41) is 3.85. The van der Waals surface area contributed by atoms with Gasteiger partial charge in [0, 0.05) is 24.5 Å². The van der Waals surface area contributed by atoms with Crippen molar-refractivity contribution >= 4 is 11.7 Å². The van der Waals surface area contributed by atoms with E-state index in [-0.39, 0.29) is 12.5 Å². The molecule has 6 nitrogen and oxygen atoms in total. The molecule has 21 heavy (non-hydrogen) atoms. The first-order valence-electron chi connectivity index (χ1n) is 6.82. The molecule has 0 unspecified atom stereocenters. The molecular formula is C15H17N4O2+. The number of hydrazine groups is 2. The molecule has 1 aromatic heterocycles. The minimum Gasteiger partial charge on any atom is -0.461 e. The van der Waals surface area contributed by atoms with Crippen LogP contribution in [0.1, 0.15) is 6.92 Å². The van der Waals surface area contributed by atoms with Crippen LogP contribution in [0.15, 0.2) is 60.9 Å². The van der Waals surface area contributed by atoms with Crippen LogP contribution < -0.4 is 15.1 Å². The zero-order chi connectivity index (χ0) is 14.7. The smallest absolute Gasteiger partial charge is 0.372 e. The predicted molar refractivity (Wildman–Crippen MR) is 77.1 cm³/mol. The van der Waals surface area contributed by atoms with Gasteiger partial charge in [-0.05, 0) is 19.1 Å². The van der Waals surface area contributed by atoms with Crippen molar-refractivity contribution in [1.29, 1.82) is 0 Å². The Morgan fingerprint density at radius 2 is 2.10 bits per heavy atom. The van der Waals surface area contributed by atoms with E-state index < -0.39 is 0 Å². The van der Waals surface area contributed by atoms with Crippen LogP contribution in [0.3, 0.4) is 0 Å². The molecule has 0 saturated carbocycles. The Balaban J connectivity index is 1.68. The number of anilines is 1. The molecule has 108 valence electrons. The number of carbonyl (C=O) groups excluding carboxylic acids is 1. The van der Waals surface area contributed by atoms with E-state index in [0.717, 1.165) is 11.4 Å². The molecule has 0 amide bonds. The number of nitrogens with zero attached hydrogens (tertiary/aromatic N) is 3. The summed E-state index contributed by atoms with van der Waals surface area (Å²) in [7, 11) is 0. The minimum absolute atomic E-state index is 0.222. The van der Waals surface area contributed by atoms with Gasteiger partial charge >= 0.3 is 5.97 Å². The SMILES string of the molecule is CCOC(=O)C[n+]1ccc(N2C=C3C=CC=CN3N2)cc1. The summed E-state index contributed by atoms with van der Waals surface area (Å²) in [5.41, 5.74) is 5.28. The van der Waals surface area contributed by atoms with Gasteiger partial charge in [-0.2, -0.15) is 4.57 Å². The van der Waals surface area contributed by atoms with Crippen molar-refractivity contribution in [2.45, 2.75) is 13.5 Å². The predicted octanol–water partition coefficient (Wildman–Crippen LogP) is 1.00. The maximum atomic E-state index is 11.4. The molecule has 0 radical (unpaired) electrons. The maximum absolute atomic E-state index is 11.4. The molecule has 3 heterocycles. The average molecular weight is 285 g/mol. The van der Waals surface area contributed by atoms with E-state index in [1.54, 1.807) is 11.5 Å². The second-order valence-corrected chi connectivity index (χ2v) is 4.63. The van der Waals surface area contributed by atoms with E-state index in [0.29, 0.717) is 6.61 Å². The summed E-state index contributed by atoms with van der Waals surface area (Å²) >= 11 is 0. The van der Waals surface area contributed by atoms with Gasteiger partial charge in [0.2, 0.25) is 6.54 Å². The van der Waals surface area contributed by atoms with Crippen LogP contribution in [0.25, 0.3) is 0 Å². The first kappa shape index (κ1) is 13.4. The summed E-state index contributed by atoms with van der Waals surface area (Å²) < 4.78 is 6.72. The van der Waals surface area contributed by atoms with E-state index >= 15 is 0 Å². The zero-order valence-corrected chi connectivity index (χ0v) is 11.8. The van der Waals surface area contributed by atoms with E-state index in [2.05, 4.69) is 5.53 Å². The third kappa shape index (κ3) is 2.95. The number of pyridine rings is 1. The van der Waals surface area contributed by atoms with Crippen molar-refractivity contribution < 1.29 is 14.1 Å². The van der Waals surface area contributed by atoms with Crippen LogP contribution in [0.5, 0.6) is 0 Å². The van der Waals surface area contributed by atoms with Gasteiger partial charge in [-0.1, -0.05) is 6.08 Å². The number of fused-ring (bicyclic) bond motifs is 1. The maximum Gasteiger partial charge on any atom is 0.372 e. The molecule has 0 spiro atoms. The molecule has 2 aliphatic heterocycles. The van der Waals surface area contributed by atoms with Crippen molar-refractivity contribution in [1.82, 2.24) is 10.5 Å². The quantitative estimate of drug-likeness (QED) is 0.661. The summed E-state index contributed by atoms with van der Waals surface area (Å²) in [6.07, 6.45) is 13.7. The normalized spacial score (nSPS) is 16.0. The molecule has 0 saturated heterocycles. The number of allylic oxidation sites excluding steroid dienone is 3. The molecule has 0 fully saturated rings. The highest BCUT2D eigenvalue weighted by atomic mass is 16.5. The van der Waals surface area contributed by atoms with Gasteiger partial charge in [0.25, 0.3) is 0 Å². The van der Waals surface area contributed by atoms with Crippen LogP contribution in [-0.2, 0) is 16.1 Å². The molecule has 1 N–H and O–H groups in total. The van der Waals surface area contributed by atoms with Crippen LogP contribution in [0.4, 0.5) is 5.69 Å². The minimum atomic E-state index is -0.232. The van der Waals surface area contributed by atoms with E-state index in [4.69, 9.17) is 4.74 Å². The Morgan fingerprint density at radius 1 is 1.29 bits per heavy atom. The highest BCUT2D eigenvalue weighted by Gasteiger charge is 2.20. The first-order valence-corrected chi connectivity index (χ1v) is 6.82. The zero-order valence-electron chi connectivity index (χ0n) is 11.8. The Hall–Kier alpha value is -2.60. The monoisotopic (exact) mass is 285 g/mol. The summed E-state index contributed by atoms with van der Waals surface area (Å²) in [4.78, 5) is 11.4. The van der Waals surface area contributed by atoms with Gasteiger partial charge in [-0.25, -0.2) is 4.79 Å². The molecular weight excluding hydrogens is 268 g/mol. The van der Waals surface area contributed by atoms with Crippen LogP contribution in [-0.4, -0.2) is 17.6 Å². The molecule has 1 aromatic rings. The molecule has 6 heteroatoms. The number of esters is 1. The number of rotatable bonds is 4. The lowest BCUT2D eigenvalue weighted by Crippen LogP contribution is -2.40. The third-order valence-corrected chi connectivity index (χ3v) is 3.14. The number of nitrogens with one attached hydrogen (secondary N) is 1. The second-order valence-electron chi connectivity index (χ2n) is 4.63. The fourth-order valence-electron chi connectivity index (χ4n) is 2.13. The standard InChI is InChI=1S/C15H17N4O2/c1-2-21-15(20)12-17-9-6-13(7-10-17)19-11-14-5-3-4-8-18(14)16-19/h3-11,16H,2,12H2,1H3/q+1. The molecule has 0 aliphatic carbocycles. The highest BCUT2D eigenvalue weighted by Crippen LogP contribution is 2.21. The molecule has 0 aromatic carbocycles. The fraction of sp³-hybridized carbons (Fsp3) is 0.200. The molecule has 0 bridgehead atoms. The second kappa shape index (κ2) is 5.80. The topological polar surface area (TPSA) is 48.7 Å². The Labute approximate surface area is 123 Å². The first-order chi connectivity index (χ1) is 10.3. The Kier molecular flexibility index (Phi) is 3.70. The van der Waals surface area contributed by atoms with E-state index in [1.165, 1.54) is 0 Å². The van der Waals surface area contributed by atoms with Gasteiger partial charge < -0.3 is 4.74 Å². The molecule has 2 aliphatic rings. The van der Waals surface area contributed by atoms with E-state index in [1.807, 2.05) is 65.2 Å². The van der Waals surface area contributed by atoms with Gasteiger partial charge in [0.1, 0.15) is 0 Å². The van der Waals surface area contributed by atoms with Crippen molar-refractivity contribution in [2.75, 3.05) is 11.6 Å². The third-order valence-electron chi connectivity index (χ3n) is 3.14. The fourth-order valence-corrected chi connectivity index (χ4v) is 2.13. The number of carbonyl (C=O) groups is 1. The number of aromatic nitrogens is 1. The highest BCUT2D eigenvalue weighted by molar-refractivity contribution is 5.67. The van der Waals surface area contributed by atoms with Crippen LogP contribution in [0, 0.1) is 0 Å². The summed E-state index contributed by atoms with van der Waals surface area (Å²) in [5.74, 6) is -0.232. The summed E-state index contributed by atoms with van der Waals surface area (Å²) in [6.45, 7) is 2.43.